The van der Waals surface area contributed by atoms with Crippen molar-refractivity contribution in [3.63, 3.8) is 0 Å². The summed E-state index contributed by atoms with van der Waals surface area (Å²) in [6.07, 6.45) is 3.45. The van der Waals surface area contributed by atoms with E-state index in [1.165, 1.54) is 0 Å². The zero-order chi connectivity index (χ0) is 16.8. The second-order valence-corrected chi connectivity index (χ2v) is 6.66. The number of ether oxygens (including phenoxy) is 2. The van der Waals surface area contributed by atoms with Crippen LogP contribution in [-0.4, -0.2) is 41.2 Å². The first-order valence-electron chi connectivity index (χ1n) is 8.06. The second-order valence-electron chi connectivity index (χ2n) is 5.72. The smallest absolute Gasteiger partial charge is 0.220 e. The van der Waals surface area contributed by atoms with Gasteiger partial charge in [0.15, 0.2) is 0 Å². The predicted molar refractivity (Wildman–Crippen MR) is 91.2 cm³/mol. The lowest BCUT2D eigenvalue weighted by atomic mass is 10.1. The number of nitrogens with one attached hydrogen (secondary N) is 1. The molecule has 0 spiro atoms. The minimum Gasteiger partial charge on any atom is -0.472 e. The zero-order valence-corrected chi connectivity index (χ0v) is 14.4. The number of nitrogens with zero attached hydrogens (tertiary/aromatic N) is 2. The van der Waals surface area contributed by atoms with E-state index in [-0.39, 0.29) is 18.1 Å². The molecule has 3 rings (SSSR count). The largest absolute Gasteiger partial charge is 0.472 e. The van der Waals surface area contributed by atoms with Crippen molar-refractivity contribution in [1.82, 2.24) is 15.3 Å². The van der Waals surface area contributed by atoms with Gasteiger partial charge in [-0.3, -0.25) is 4.79 Å². The molecule has 1 amide bonds. The Bertz CT molecular complexity index is 662. The monoisotopic (exact) mass is 347 g/mol. The lowest BCUT2D eigenvalue weighted by molar-refractivity contribution is -0.124. The van der Waals surface area contributed by atoms with Gasteiger partial charge in [-0.2, -0.15) is 0 Å². The summed E-state index contributed by atoms with van der Waals surface area (Å²) in [6, 6.07) is 5.39. The topological polar surface area (TPSA) is 73.3 Å². The Morgan fingerprint density at radius 3 is 3.12 bits per heavy atom. The van der Waals surface area contributed by atoms with Gasteiger partial charge in [0.25, 0.3) is 0 Å². The van der Waals surface area contributed by atoms with Crippen molar-refractivity contribution in [3.8, 4) is 5.88 Å². The average molecular weight is 347 g/mol. The summed E-state index contributed by atoms with van der Waals surface area (Å²) in [6.45, 7) is 3.06. The summed E-state index contributed by atoms with van der Waals surface area (Å²) < 4.78 is 11.4. The number of amides is 1. The third-order valence-corrected chi connectivity index (χ3v) is 4.97. The van der Waals surface area contributed by atoms with E-state index in [0.717, 1.165) is 17.0 Å². The summed E-state index contributed by atoms with van der Waals surface area (Å²) in [7, 11) is 0. The molecule has 0 bridgehead atoms. The first-order valence-corrected chi connectivity index (χ1v) is 8.94. The van der Waals surface area contributed by atoms with Crippen molar-refractivity contribution < 1.29 is 14.3 Å². The second kappa shape index (κ2) is 8.21. The molecule has 2 aromatic heterocycles. The van der Waals surface area contributed by atoms with E-state index in [1.807, 2.05) is 30.6 Å². The van der Waals surface area contributed by atoms with Crippen LogP contribution in [0.25, 0.3) is 0 Å². The first kappa shape index (κ1) is 16.9. The van der Waals surface area contributed by atoms with Gasteiger partial charge in [-0.1, -0.05) is 6.07 Å². The van der Waals surface area contributed by atoms with Crippen molar-refractivity contribution in [2.45, 2.75) is 38.3 Å². The normalized spacial score (nSPS) is 20.5. The fourth-order valence-electron chi connectivity index (χ4n) is 2.64. The van der Waals surface area contributed by atoms with Crippen LogP contribution in [0.2, 0.25) is 0 Å². The average Bonchev–Trinajstić information content (AvgIpc) is 3.01. The summed E-state index contributed by atoms with van der Waals surface area (Å²) in [4.78, 5) is 21.8. The third-order valence-electron chi connectivity index (χ3n) is 3.97. The third kappa shape index (κ3) is 4.52. The van der Waals surface area contributed by atoms with E-state index < -0.39 is 0 Å². The Labute approximate surface area is 145 Å². The van der Waals surface area contributed by atoms with Gasteiger partial charge < -0.3 is 14.8 Å². The molecule has 1 aliphatic rings. The van der Waals surface area contributed by atoms with Crippen LogP contribution < -0.4 is 10.1 Å². The molecular weight excluding hydrogens is 326 g/mol. The number of aryl methyl sites for hydroxylation is 2. The molecule has 24 heavy (non-hydrogen) atoms. The van der Waals surface area contributed by atoms with Gasteiger partial charge in [0.1, 0.15) is 6.10 Å². The van der Waals surface area contributed by atoms with Crippen molar-refractivity contribution in [3.05, 3.63) is 40.5 Å². The maximum absolute atomic E-state index is 12.3. The van der Waals surface area contributed by atoms with Crippen LogP contribution >= 0.6 is 11.3 Å². The van der Waals surface area contributed by atoms with Gasteiger partial charge in [0.2, 0.25) is 11.8 Å². The molecule has 128 valence electrons. The SMILES string of the molecule is Cc1ncsc1CCC(=O)NC1COCCC1Oc1ccccn1. The highest BCUT2D eigenvalue weighted by molar-refractivity contribution is 7.09. The van der Waals surface area contributed by atoms with Crippen molar-refractivity contribution in [1.29, 1.82) is 0 Å². The molecule has 2 aromatic rings. The number of carbonyl (C=O) groups is 1. The molecule has 1 aliphatic heterocycles. The quantitative estimate of drug-likeness (QED) is 0.867. The molecule has 7 heteroatoms. The van der Waals surface area contributed by atoms with Crippen molar-refractivity contribution in [2.24, 2.45) is 0 Å². The van der Waals surface area contributed by atoms with E-state index >= 15 is 0 Å². The number of rotatable bonds is 6. The number of aromatic nitrogens is 2. The molecule has 2 atom stereocenters. The van der Waals surface area contributed by atoms with Gasteiger partial charge in [-0.25, -0.2) is 9.97 Å². The molecule has 1 N–H and O–H groups in total. The summed E-state index contributed by atoms with van der Waals surface area (Å²) in [5.41, 5.74) is 2.82. The van der Waals surface area contributed by atoms with E-state index in [2.05, 4.69) is 15.3 Å². The van der Waals surface area contributed by atoms with Crippen molar-refractivity contribution >= 4 is 17.2 Å². The van der Waals surface area contributed by atoms with Crippen LogP contribution in [0.15, 0.2) is 29.9 Å². The highest BCUT2D eigenvalue weighted by atomic mass is 32.1. The summed E-state index contributed by atoms with van der Waals surface area (Å²) >= 11 is 1.59. The minimum absolute atomic E-state index is 0.00733. The molecular formula is C17H21N3O3S. The number of hydrogen-bond acceptors (Lipinski definition) is 6. The number of hydrogen-bond donors (Lipinski definition) is 1. The van der Waals surface area contributed by atoms with Gasteiger partial charge in [-0.15, -0.1) is 11.3 Å². The molecule has 0 radical (unpaired) electrons. The van der Waals surface area contributed by atoms with Crippen LogP contribution in [0.3, 0.4) is 0 Å². The van der Waals surface area contributed by atoms with Crippen molar-refractivity contribution in [2.75, 3.05) is 13.2 Å². The van der Waals surface area contributed by atoms with E-state index in [1.54, 1.807) is 17.5 Å². The fourth-order valence-corrected chi connectivity index (χ4v) is 3.42. The Balaban J connectivity index is 1.53. The first-order chi connectivity index (χ1) is 11.7. The highest BCUT2D eigenvalue weighted by Gasteiger charge is 2.29. The van der Waals surface area contributed by atoms with Crippen LogP contribution in [0.1, 0.15) is 23.4 Å². The number of carbonyl (C=O) groups excluding carboxylic acids is 1. The molecule has 0 aliphatic carbocycles. The molecule has 1 saturated heterocycles. The standard InChI is InChI=1S/C17H21N3O3S/c1-12-15(24-11-19-12)5-6-16(21)20-13-10-22-9-7-14(13)23-17-4-2-3-8-18-17/h2-4,8,11,13-14H,5-7,9-10H2,1H3,(H,20,21). The molecule has 2 unspecified atom stereocenters. The maximum atomic E-state index is 12.3. The Morgan fingerprint density at radius 1 is 1.46 bits per heavy atom. The lowest BCUT2D eigenvalue weighted by Gasteiger charge is -2.32. The van der Waals surface area contributed by atoms with Crippen LogP contribution in [-0.2, 0) is 16.0 Å². The van der Waals surface area contributed by atoms with E-state index in [4.69, 9.17) is 9.47 Å². The molecule has 0 saturated carbocycles. The van der Waals surface area contributed by atoms with E-state index in [9.17, 15) is 4.79 Å². The van der Waals surface area contributed by atoms with Crippen LogP contribution in [0, 0.1) is 6.92 Å². The van der Waals surface area contributed by atoms with Crippen LogP contribution in [0.5, 0.6) is 5.88 Å². The Hall–Kier alpha value is -1.99. The molecule has 0 aromatic carbocycles. The van der Waals surface area contributed by atoms with Gasteiger partial charge in [-0.05, 0) is 19.4 Å². The van der Waals surface area contributed by atoms with Gasteiger partial charge >= 0.3 is 0 Å². The van der Waals surface area contributed by atoms with Crippen LogP contribution in [0.4, 0.5) is 0 Å². The Kier molecular flexibility index (Phi) is 5.77. The lowest BCUT2D eigenvalue weighted by Crippen LogP contribution is -2.51. The highest BCUT2D eigenvalue weighted by Crippen LogP contribution is 2.17. The zero-order valence-electron chi connectivity index (χ0n) is 13.6. The molecule has 1 fully saturated rings. The summed E-state index contributed by atoms with van der Waals surface area (Å²) in [5, 5.41) is 3.04. The van der Waals surface area contributed by atoms with Gasteiger partial charge in [0.05, 0.1) is 30.5 Å². The maximum Gasteiger partial charge on any atom is 0.220 e. The summed E-state index contributed by atoms with van der Waals surface area (Å²) in [5.74, 6) is 0.580. The Morgan fingerprint density at radius 2 is 2.38 bits per heavy atom. The predicted octanol–water partition coefficient (Wildman–Crippen LogP) is 2.13. The molecule has 3 heterocycles. The number of thiazole rings is 1. The van der Waals surface area contributed by atoms with Gasteiger partial charge in [0, 0.05) is 30.0 Å². The number of pyridine rings is 1. The fraction of sp³-hybridized carbons (Fsp3) is 0.471. The minimum atomic E-state index is -0.157. The molecule has 6 nitrogen and oxygen atoms in total. The van der Waals surface area contributed by atoms with E-state index in [0.29, 0.717) is 31.9 Å².